The van der Waals surface area contributed by atoms with E-state index in [1.165, 1.54) is 0 Å². The number of rotatable bonds is 11. The molecular weight excluding hydrogens is 502 g/mol. The van der Waals surface area contributed by atoms with E-state index in [2.05, 4.69) is 17.6 Å². The Kier molecular flexibility index (Phi) is 11.8. The molecule has 2 aromatic rings. The Morgan fingerprint density at radius 2 is 1.57 bits per heavy atom. The maximum atomic E-state index is 14.5. The van der Waals surface area contributed by atoms with Crippen molar-refractivity contribution in [3.8, 4) is 0 Å². The maximum absolute atomic E-state index is 14.5. The SMILES string of the molecule is CCCCCNC(=O)C(c1ccc(C)cc1C)N(C(=O)C(Cc1ccccc1)NC(=O)OC(C)(C)C)C(C)(C)C. The van der Waals surface area contributed by atoms with Gasteiger partial charge >= 0.3 is 6.09 Å². The summed E-state index contributed by atoms with van der Waals surface area (Å²) in [6, 6.07) is 13.6. The first-order valence-corrected chi connectivity index (χ1v) is 14.4. The van der Waals surface area contributed by atoms with E-state index >= 15 is 0 Å². The van der Waals surface area contributed by atoms with Crippen LogP contribution in [0.4, 0.5) is 4.79 Å². The Morgan fingerprint density at radius 3 is 2.12 bits per heavy atom. The fourth-order valence-electron chi connectivity index (χ4n) is 4.73. The molecule has 0 bridgehead atoms. The molecule has 0 aromatic heterocycles. The van der Waals surface area contributed by atoms with Crippen molar-refractivity contribution in [1.82, 2.24) is 15.5 Å². The number of alkyl carbamates (subject to hydrolysis) is 1. The number of nitrogens with one attached hydrogen (secondary N) is 2. The summed E-state index contributed by atoms with van der Waals surface area (Å²) in [6.45, 7) is 17.7. The van der Waals surface area contributed by atoms with Gasteiger partial charge in [0, 0.05) is 18.5 Å². The Morgan fingerprint density at radius 1 is 0.925 bits per heavy atom. The summed E-state index contributed by atoms with van der Waals surface area (Å²) in [7, 11) is 0. The van der Waals surface area contributed by atoms with Gasteiger partial charge in [-0.2, -0.15) is 0 Å². The molecule has 3 amide bonds. The summed E-state index contributed by atoms with van der Waals surface area (Å²) in [4.78, 5) is 43.0. The maximum Gasteiger partial charge on any atom is 0.408 e. The van der Waals surface area contributed by atoms with Crippen LogP contribution in [-0.4, -0.2) is 46.5 Å². The van der Waals surface area contributed by atoms with Gasteiger partial charge in [-0.25, -0.2) is 4.79 Å². The average Bonchev–Trinajstić information content (AvgIpc) is 2.83. The quantitative estimate of drug-likeness (QED) is 0.316. The van der Waals surface area contributed by atoms with Crippen molar-refractivity contribution in [2.24, 2.45) is 0 Å². The normalized spacial score (nSPS) is 13.2. The van der Waals surface area contributed by atoms with Crippen molar-refractivity contribution in [1.29, 1.82) is 0 Å². The highest BCUT2D eigenvalue weighted by Gasteiger charge is 2.42. The van der Waals surface area contributed by atoms with Crippen molar-refractivity contribution in [3.05, 3.63) is 70.8 Å². The number of benzene rings is 2. The van der Waals surface area contributed by atoms with Crippen LogP contribution in [0.25, 0.3) is 0 Å². The molecule has 0 saturated heterocycles. The highest BCUT2D eigenvalue weighted by molar-refractivity contribution is 5.93. The lowest BCUT2D eigenvalue weighted by atomic mass is 9.91. The van der Waals surface area contributed by atoms with Crippen molar-refractivity contribution >= 4 is 17.9 Å². The van der Waals surface area contributed by atoms with Gasteiger partial charge in [-0.3, -0.25) is 9.59 Å². The van der Waals surface area contributed by atoms with Crippen LogP contribution in [0, 0.1) is 13.8 Å². The van der Waals surface area contributed by atoms with Gasteiger partial charge in [0.1, 0.15) is 17.7 Å². The molecule has 2 unspecified atom stereocenters. The molecule has 0 spiro atoms. The monoisotopic (exact) mass is 551 g/mol. The van der Waals surface area contributed by atoms with E-state index in [0.717, 1.165) is 41.5 Å². The predicted octanol–water partition coefficient (Wildman–Crippen LogP) is 6.41. The first-order chi connectivity index (χ1) is 18.6. The number of carbonyl (C=O) groups excluding carboxylic acids is 3. The molecule has 0 heterocycles. The van der Waals surface area contributed by atoms with E-state index in [9.17, 15) is 14.4 Å². The molecule has 7 nitrogen and oxygen atoms in total. The predicted molar refractivity (Wildman–Crippen MR) is 161 cm³/mol. The summed E-state index contributed by atoms with van der Waals surface area (Å²) in [5, 5.41) is 5.90. The third-order valence-electron chi connectivity index (χ3n) is 6.54. The van der Waals surface area contributed by atoms with Gasteiger partial charge in [0.15, 0.2) is 0 Å². The largest absolute Gasteiger partial charge is 0.444 e. The molecule has 7 heteroatoms. The minimum atomic E-state index is -0.947. The lowest BCUT2D eigenvalue weighted by molar-refractivity contribution is -0.148. The number of hydrogen-bond acceptors (Lipinski definition) is 4. The number of carbonyl (C=O) groups is 3. The van der Waals surface area contributed by atoms with E-state index in [1.807, 2.05) is 83.1 Å². The average molecular weight is 552 g/mol. The fourth-order valence-corrected chi connectivity index (χ4v) is 4.73. The Balaban J connectivity index is 2.59. The minimum Gasteiger partial charge on any atom is -0.444 e. The van der Waals surface area contributed by atoms with Crippen LogP contribution in [0.5, 0.6) is 0 Å². The van der Waals surface area contributed by atoms with E-state index < -0.39 is 29.3 Å². The summed E-state index contributed by atoms with van der Waals surface area (Å²) in [5.41, 5.74) is 2.18. The van der Waals surface area contributed by atoms with Gasteiger partial charge in [0.25, 0.3) is 0 Å². The molecule has 2 rings (SSSR count). The molecular formula is C33H49N3O4. The molecule has 0 radical (unpaired) electrons. The molecule has 2 N–H and O–H groups in total. The van der Waals surface area contributed by atoms with E-state index in [1.54, 1.807) is 25.7 Å². The highest BCUT2D eigenvalue weighted by atomic mass is 16.6. The summed E-state index contributed by atoms with van der Waals surface area (Å²) in [6.07, 6.45) is 2.49. The van der Waals surface area contributed by atoms with Crippen LogP contribution in [0.2, 0.25) is 0 Å². The molecule has 2 aromatic carbocycles. The van der Waals surface area contributed by atoms with E-state index in [4.69, 9.17) is 4.74 Å². The highest BCUT2D eigenvalue weighted by Crippen LogP contribution is 2.32. The second kappa shape index (κ2) is 14.3. The molecule has 220 valence electrons. The number of amides is 3. The lowest BCUT2D eigenvalue weighted by Crippen LogP contribution is -2.59. The Hall–Kier alpha value is -3.35. The fraction of sp³-hybridized carbons (Fsp3) is 0.545. The zero-order chi connectivity index (χ0) is 30.1. The van der Waals surface area contributed by atoms with Gasteiger partial charge in [-0.15, -0.1) is 0 Å². The van der Waals surface area contributed by atoms with Gasteiger partial charge in [-0.05, 0) is 78.5 Å². The zero-order valence-electron chi connectivity index (χ0n) is 25.9. The van der Waals surface area contributed by atoms with Crippen molar-refractivity contribution < 1.29 is 19.1 Å². The van der Waals surface area contributed by atoms with Gasteiger partial charge < -0.3 is 20.3 Å². The van der Waals surface area contributed by atoms with Gasteiger partial charge in [0.2, 0.25) is 11.8 Å². The van der Waals surface area contributed by atoms with Crippen LogP contribution < -0.4 is 10.6 Å². The molecule has 0 aliphatic heterocycles. The second-order valence-corrected chi connectivity index (χ2v) is 12.5. The topological polar surface area (TPSA) is 87.7 Å². The summed E-state index contributed by atoms with van der Waals surface area (Å²) in [5.74, 6) is -0.585. The Labute approximate surface area is 241 Å². The molecule has 40 heavy (non-hydrogen) atoms. The third kappa shape index (κ3) is 10.00. The van der Waals surface area contributed by atoms with Gasteiger partial charge in [0.05, 0.1) is 0 Å². The molecule has 0 aliphatic carbocycles. The van der Waals surface area contributed by atoms with Gasteiger partial charge in [-0.1, -0.05) is 73.9 Å². The van der Waals surface area contributed by atoms with E-state index in [0.29, 0.717) is 6.54 Å². The number of unbranched alkanes of at least 4 members (excludes halogenated alkanes) is 2. The van der Waals surface area contributed by atoms with Crippen LogP contribution in [-0.2, 0) is 20.7 Å². The Bertz CT molecular complexity index is 1130. The molecule has 2 atom stereocenters. The first-order valence-electron chi connectivity index (χ1n) is 14.4. The second-order valence-electron chi connectivity index (χ2n) is 12.5. The molecule has 0 saturated carbocycles. The van der Waals surface area contributed by atoms with Crippen molar-refractivity contribution in [3.63, 3.8) is 0 Å². The van der Waals surface area contributed by atoms with Crippen molar-refractivity contribution in [2.75, 3.05) is 6.54 Å². The number of aryl methyl sites for hydroxylation is 2. The summed E-state index contributed by atoms with van der Waals surface area (Å²) >= 11 is 0. The molecule has 0 fully saturated rings. The minimum absolute atomic E-state index is 0.234. The molecule has 0 aliphatic rings. The third-order valence-corrected chi connectivity index (χ3v) is 6.54. The van der Waals surface area contributed by atoms with Crippen LogP contribution in [0.3, 0.4) is 0 Å². The van der Waals surface area contributed by atoms with Crippen LogP contribution in [0.15, 0.2) is 48.5 Å². The number of hydrogen-bond donors (Lipinski definition) is 2. The zero-order valence-corrected chi connectivity index (χ0v) is 25.9. The van der Waals surface area contributed by atoms with Crippen molar-refractivity contribution in [2.45, 2.75) is 111 Å². The number of nitrogens with zero attached hydrogens (tertiary/aromatic N) is 1. The standard InChI is InChI=1S/C33H49N3O4/c1-10-11-15-20-34-29(37)28(26-19-18-23(2)21-24(26)3)36(32(4,5)6)30(38)27(22-25-16-13-12-14-17-25)35-31(39)40-33(7,8)9/h12-14,16-19,21,27-28H,10-11,15,20,22H2,1-9H3,(H,34,37)(H,35,39). The lowest BCUT2D eigenvalue weighted by Gasteiger charge is -2.43. The smallest absolute Gasteiger partial charge is 0.408 e. The summed E-state index contributed by atoms with van der Waals surface area (Å²) < 4.78 is 5.52. The van der Waals surface area contributed by atoms with Crippen LogP contribution >= 0.6 is 0 Å². The van der Waals surface area contributed by atoms with Crippen LogP contribution in [0.1, 0.15) is 96.0 Å². The number of ether oxygens (including phenoxy) is 1. The van der Waals surface area contributed by atoms with E-state index in [-0.39, 0.29) is 18.2 Å². The first kappa shape index (κ1) is 32.9.